The number of aliphatic hydroxyl groups excluding tert-OH is 1. The summed E-state index contributed by atoms with van der Waals surface area (Å²) >= 11 is 0. The van der Waals surface area contributed by atoms with E-state index in [1.807, 2.05) is 20.8 Å². The lowest BCUT2D eigenvalue weighted by molar-refractivity contribution is 0.0881. The normalized spacial score (nSPS) is 29.1. The van der Waals surface area contributed by atoms with Crippen LogP contribution in [0.15, 0.2) is 35.5 Å². The highest BCUT2D eigenvalue weighted by Gasteiger charge is 2.27. The summed E-state index contributed by atoms with van der Waals surface area (Å²) in [7, 11) is 0. The molecule has 0 aromatic rings. The molecule has 18 heavy (non-hydrogen) atoms. The second-order valence-corrected chi connectivity index (χ2v) is 5.34. The van der Waals surface area contributed by atoms with Gasteiger partial charge in [-0.2, -0.15) is 0 Å². The van der Waals surface area contributed by atoms with Gasteiger partial charge in [0.25, 0.3) is 0 Å². The average molecular weight is 248 g/mol. The molecule has 0 aliphatic heterocycles. The molecule has 0 spiro atoms. The molecule has 0 fully saturated rings. The molecule has 1 heteroatoms. The van der Waals surface area contributed by atoms with Crippen molar-refractivity contribution in [2.75, 3.05) is 0 Å². The maximum absolute atomic E-state index is 9.88. The van der Waals surface area contributed by atoms with E-state index < -0.39 is 0 Å². The van der Waals surface area contributed by atoms with Gasteiger partial charge in [0.1, 0.15) is 0 Å². The van der Waals surface area contributed by atoms with Crippen molar-refractivity contribution in [2.24, 2.45) is 11.8 Å². The first-order valence-electron chi connectivity index (χ1n) is 7.37. The maximum atomic E-state index is 9.88. The molecule has 0 aromatic heterocycles. The van der Waals surface area contributed by atoms with Gasteiger partial charge < -0.3 is 5.11 Å². The van der Waals surface area contributed by atoms with Gasteiger partial charge in [-0.15, -0.1) is 0 Å². The van der Waals surface area contributed by atoms with E-state index >= 15 is 0 Å². The molecule has 2 rings (SSSR count). The van der Waals surface area contributed by atoms with E-state index in [-0.39, 0.29) is 6.10 Å². The molecule has 0 saturated carbocycles. The quantitative estimate of drug-likeness (QED) is 0.716. The van der Waals surface area contributed by atoms with Gasteiger partial charge >= 0.3 is 0 Å². The van der Waals surface area contributed by atoms with Crippen LogP contribution >= 0.6 is 0 Å². The summed E-state index contributed by atoms with van der Waals surface area (Å²) in [5.41, 5.74) is 4.05. The summed E-state index contributed by atoms with van der Waals surface area (Å²) in [4.78, 5) is 0. The van der Waals surface area contributed by atoms with Gasteiger partial charge in [0.2, 0.25) is 0 Å². The monoisotopic (exact) mass is 248 g/mol. The van der Waals surface area contributed by atoms with Crippen LogP contribution in [-0.4, -0.2) is 11.2 Å². The van der Waals surface area contributed by atoms with Crippen molar-refractivity contribution < 1.29 is 5.11 Å². The zero-order valence-electron chi connectivity index (χ0n) is 12.4. The fraction of sp³-hybridized carbons (Fsp3) is 0.647. The Kier molecular flexibility index (Phi) is 5.87. The minimum absolute atomic E-state index is 0.205. The van der Waals surface area contributed by atoms with Crippen LogP contribution in [0.25, 0.3) is 0 Å². The Hall–Kier alpha value is -0.820. The largest absolute Gasteiger partial charge is 0.393 e. The van der Waals surface area contributed by atoms with E-state index in [9.17, 15) is 5.11 Å². The first-order valence-corrected chi connectivity index (χ1v) is 7.37. The van der Waals surface area contributed by atoms with Crippen molar-refractivity contribution >= 4 is 0 Å². The van der Waals surface area contributed by atoms with Crippen LogP contribution in [0.4, 0.5) is 0 Å². The van der Waals surface area contributed by atoms with Gasteiger partial charge in [-0.3, -0.25) is 0 Å². The molecule has 0 saturated heterocycles. The number of hydrogen-bond donors (Lipinski definition) is 1. The van der Waals surface area contributed by atoms with Gasteiger partial charge in [-0.1, -0.05) is 45.9 Å². The smallest absolute Gasteiger partial charge is 0.0546 e. The van der Waals surface area contributed by atoms with Crippen LogP contribution in [0, 0.1) is 11.8 Å². The van der Waals surface area contributed by atoms with Gasteiger partial charge in [-0.25, -0.2) is 0 Å². The second kappa shape index (κ2) is 6.94. The summed E-state index contributed by atoms with van der Waals surface area (Å²) in [6.45, 7) is 12.3. The van der Waals surface area contributed by atoms with Crippen LogP contribution < -0.4 is 0 Å². The minimum Gasteiger partial charge on any atom is -0.393 e. The summed E-state index contributed by atoms with van der Waals surface area (Å²) in [6.07, 6.45) is 8.75. The van der Waals surface area contributed by atoms with Crippen molar-refractivity contribution in [3.05, 3.63) is 35.5 Å². The third-order valence-electron chi connectivity index (χ3n) is 4.15. The van der Waals surface area contributed by atoms with E-state index in [4.69, 9.17) is 0 Å². The predicted octanol–water partition coefficient (Wildman–Crippen LogP) is 4.64. The first kappa shape index (κ1) is 15.2. The lowest BCUT2D eigenvalue weighted by Crippen LogP contribution is -2.25. The Bertz CT molecular complexity index is 347. The average Bonchev–Trinajstić information content (AvgIpc) is 2.66. The molecule has 2 unspecified atom stereocenters. The van der Waals surface area contributed by atoms with E-state index in [0.717, 1.165) is 12.8 Å². The Morgan fingerprint density at radius 1 is 1.33 bits per heavy atom. The van der Waals surface area contributed by atoms with E-state index in [1.165, 1.54) is 29.6 Å². The molecule has 1 nitrogen and oxygen atoms in total. The zero-order valence-corrected chi connectivity index (χ0v) is 12.4. The van der Waals surface area contributed by atoms with Crippen molar-refractivity contribution in [2.45, 2.75) is 59.5 Å². The molecule has 0 aromatic carbocycles. The lowest BCUT2D eigenvalue weighted by atomic mass is 9.78. The van der Waals surface area contributed by atoms with E-state index in [0.29, 0.717) is 11.8 Å². The number of rotatable bonds is 1. The summed E-state index contributed by atoms with van der Waals surface area (Å²) in [6, 6.07) is 0. The van der Waals surface area contributed by atoms with Gasteiger partial charge in [0.05, 0.1) is 6.10 Å². The highest BCUT2D eigenvalue weighted by molar-refractivity contribution is 5.52. The highest BCUT2D eigenvalue weighted by atomic mass is 16.3. The Morgan fingerprint density at radius 2 is 2.00 bits per heavy atom. The zero-order chi connectivity index (χ0) is 13.7. The van der Waals surface area contributed by atoms with Gasteiger partial charge in [0.15, 0.2) is 0 Å². The first-order chi connectivity index (χ1) is 8.59. The summed E-state index contributed by atoms with van der Waals surface area (Å²) in [5, 5.41) is 9.88. The third-order valence-corrected chi connectivity index (χ3v) is 4.15. The molecule has 3 atom stereocenters. The van der Waals surface area contributed by atoms with Crippen molar-refractivity contribution in [3.63, 3.8) is 0 Å². The Balaban J connectivity index is 0.000000771. The molecule has 0 amide bonds. The molecule has 0 radical (unpaired) electrons. The van der Waals surface area contributed by atoms with Crippen molar-refractivity contribution in [1.82, 2.24) is 0 Å². The standard InChI is InChI=1S/C15H22O.C2H6/c1-10-5-4-6-14-11(2)7-8-13(14)9-15(10)12(3)16;1-2/h7-8,10,12,15-16H,2,4-6,9H2,1,3H3;1-2H3/t10?,12-,15?;/m0./s1. The van der Waals surface area contributed by atoms with Crippen LogP contribution in [0.5, 0.6) is 0 Å². The van der Waals surface area contributed by atoms with Gasteiger partial charge in [-0.05, 0) is 54.7 Å². The van der Waals surface area contributed by atoms with Crippen molar-refractivity contribution in [1.29, 1.82) is 0 Å². The molecule has 2 aliphatic rings. The number of aliphatic hydroxyl groups is 1. The SMILES string of the molecule is C=C1C=CC2=C1CCCC(C)C([C@H](C)O)C2.CC. The molecular formula is C17H28O. The van der Waals surface area contributed by atoms with E-state index in [1.54, 1.807) is 0 Å². The predicted molar refractivity (Wildman–Crippen MR) is 79.5 cm³/mol. The molecule has 0 heterocycles. The van der Waals surface area contributed by atoms with E-state index in [2.05, 4.69) is 25.7 Å². The fourth-order valence-corrected chi connectivity index (χ4v) is 3.04. The minimum atomic E-state index is -0.205. The van der Waals surface area contributed by atoms with Crippen molar-refractivity contribution in [3.8, 4) is 0 Å². The second-order valence-electron chi connectivity index (χ2n) is 5.34. The number of hydrogen-bond acceptors (Lipinski definition) is 1. The third kappa shape index (κ3) is 3.35. The lowest BCUT2D eigenvalue weighted by Gasteiger charge is -2.29. The highest BCUT2D eigenvalue weighted by Crippen LogP contribution is 2.38. The Morgan fingerprint density at radius 3 is 2.61 bits per heavy atom. The van der Waals surface area contributed by atoms with Gasteiger partial charge in [0, 0.05) is 0 Å². The fourth-order valence-electron chi connectivity index (χ4n) is 3.04. The molecule has 102 valence electrons. The molecule has 1 N–H and O–H groups in total. The van der Waals surface area contributed by atoms with Crippen LogP contribution in [0.3, 0.4) is 0 Å². The number of allylic oxidation sites excluding steroid dienone is 5. The summed E-state index contributed by atoms with van der Waals surface area (Å²) < 4.78 is 0. The van der Waals surface area contributed by atoms with Crippen LogP contribution in [0.2, 0.25) is 0 Å². The molecule has 0 bridgehead atoms. The van der Waals surface area contributed by atoms with Crippen LogP contribution in [0.1, 0.15) is 53.4 Å². The molecular weight excluding hydrogens is 220 g/mol. The maximum Gasteiger partial charge on any atom is 0.0546 e. The summed E-state index contributed by atoms with van der Waals surface area (Å²) in [5.74, 6) is 1.03. The topological polar surface area (TPSA) is 20.2 Å². The molecule has 2 aliphatic carbocycles. The van der Waals surface area contributed by atoms with Crippen LogP contribution in [-0.2, 0) is 0 Å². The Labute approximate surface area is 112 Å².